The number of hydrogen-bond acceptors (Lipinski definition) is 4. The van der Waals surface area contributed by atoms with Crippen molar-refractivity contribution < 1.29 is 9.59 Å². The summed E-state index contributed by atoms with van der Waals surface area (Å²) in [6, 6.07) is 6.12. The molecule has 1 aromatic carbocycles. The average molecular weight is 386 g/mol. The molecular weight excluding hydrogens is 358 g/mol. The zero-order valence-corrected chi connectivity index (χ0v) is 16.8. The quantitative estimate of drug-likeness (QED) is 0.790. The Morgan fingerprint density at radius 3 is 2.56 bits per heavy atom. The van der Waals surface area contributed by atoms with Gasteiger partial charge in [-0.3, -0.25) is 9.59 Å². The van der Waals surface area contributed by atoms with Crippen LogP contribution in [0.4, 0.5) is 5.69 Å². The van der Waals surface area contributed by atoms with Crippen LogP contribution < -0.4 is 10.6 Å². The van der Waals surface area contributed by atoms with Crippen LogP contribution in [0, 0.1) is 13.8 Å². The molecule has 1 fully saturated rings. The number of aryl methyl sites for hydroxylation is 2. The van der Waals surface area contributed by atoms with Crippen molar-refractivity contribution >= 4 is 41.7 Å². The number of benzene rings is 1. The fourth-order valence-corrected chi connectivity index (χ4v) is 3.78. The van der Waals surface area contributed by atoms with Crippen molar-refractivity contribution in [3.8, 4) is 0 Å². The van der Waals surface area contributed by atoms with Gasteiger partial charge in [-0.15, -0.1) is 12.4 Å². The first-order valence-corrected chi connectivity index (χ1v) is 9.61. The third kappa shape index (κ3) is 6.53. The molecule has 1 atom stereocenters. The predicted molar refractivity (Wildman–Crippen MR) is 108 cm³/mol. The zero-order valence-electron chi connectivity index (χ0n) is 15.1. The Hall–Kier alpha value is -1.24. The molecule has 0 aliphatic carbocycles. The van der Waals surface area contributed by atoms with E-state index in [1.165, 1.54) is 0 Å². The molecule has 0 aromatic heterocycles. The number of rotatable bonds is 6. The van der Waals surface area contributed by atoms with Crippen LogP contribution in [0.5, 0.6) is 0 Å². The second kappa shape index (κ2) is 10.7. The summed E-state index contributed by atoms with van der Waals surface area (Å²) in [6.45, 7) is 7.44. The van der Waals surface area contributed by atoms with Crippen LogP contribution in [0.25, 0.3) is 0 Å². The van der Waals surface area contributed by atoms with Gasteiger partial charge in [0.2, 0.25) is 11.8 Å². The molecule has 140 valence electrons. The van der Waals surface area contributed by atoms with Crippen LogP contribution in [0.1, 0.15) is 24.5 Å². The molecule has 5 nitrogen and oxygen atoms in total. The van der Waals surface area contributed by atoms with E-state index in [1.807, 2.05) is 50.7 Å². The van der Waals surface area contributed by atoms with Gasteiger partial charge in [-0.25, -0.2) is 0 Å². The minimum atomic E-state index is -0.145. The normalized spacial score (nSPS) is 16.7. The van der Waals surface area contributed by atoms with Gasteiger partial charge in [0, 0.05) is 42.7 Å². The molecule has 1 aromatic rings. The monoisotopic (exact) mass is 385 g/mol. The lowest BCUT2D eigenvalue weighted by atomic mass is 10.1. The number of para-hydroxylation sites is 1. The minimum Gasteiger partial charge on any atom is -0.334 e. The Balaban J connectivity index is 0.00000312. The first-order valence-electron chi connectivity index (χ1n) is 8.46. The van der Waals surface area contributed by atoms with Crippen molar-refractivity contribution in [2.75, 3.05) is 36.5 Å². The SMILES string of the molecule is CCN(CC(=O)Nc1c(C)cccc1C)C(=O)CC1CSCCN1.Cl. The number of nitrogens with one attached hydrogen (secondary N) is 2. The Morgan fingerprint density at radius 1 is 1.32 bits per heavy atom. The minimum absolute atomic E-state index is 0. The van der Waals surface area contributed by atoms with Crippen LogP contribution in [-0.2, 0) is 9.59 Å². The van der Waals surface area contributed by atoms with Crippen molar-refractivity contribution in [3.63, 3.8) is 0 Å². The third-order valence-electron chi connectivity index (χ3n) is 4.23. The molecule has 7 heteroatoms. The largest absolute Gasteiger partial charge is 0.334 e. The molecular formula is C18H28ClN3O2S. The van der Waals surface area contributed by atoms with E-state index in [-0.39, 0.29) is 36.8 Å². The number of halogens is 1. The lowest BCUT2D eigenvalue weighted by Gasteiger charge is -2.26. The third-order valence-corrected chi connectivity index (χ3v) is 5.36. The molecule has 2 rings (SSSR count). The van der Waals surface area contributed by atoms with Crippen molar-refractivity contribution in [2.45, 2.75) is 33.2 Å². The van der Waals surface area contributed by atoms with Gasteiger partial charge in [-0.05, 0) is 31.9 Å². The molecule has 25 heavy (non-hydrogen) atoms. The van der Waals surface area contributed by atoms with E-state index in [0.717, 1.165) is 34.9 Å². The lowest BCUT2D eigenvalue weighted by molar-refractivity contribution is -0.134. The molecule has 1 heterocycles. The Labute approximate surface area is 160 Å². The number of hydrogen-bond donors (Lipinski definition) is 2. The van der Waals surface area contributed by atoms with Gasteiger partial charge in [0.1, 0.15) is 0 Å². The first-order chi connectivity index (χ1) is 11.5. The van der Waals surface area contributed by atoms with Gasteiger partial charge in [-0.1, -0.05) is 18.2 Å². The lowest BCUT2D eigenvalue weighted by Crippen LogP contribution is -2.44. The molecule has 1 aliphatic heterocycles. The molecule has 0 saturated carbocycles. The van der Waals surface area contributed by atoms with E-state index in [4.69, 9.17) is 0 Å². The van der Waals surface area contributed by atoms with Gasteiger partial charge in [-0.2, -0.15) is 11.8 Å². The second-order valence-corrected chi connectivity index (χ2v) is 7.30. The summed E-state index contributed by atoms with van der Waals surface area (Å²) in [4.78, 5) is 26.4. The van der Waals surface area contributed by atoms with Crippen molar-refractivity contribution in [1.82, 2.24) is 10.2 Å². The van der Waals surface area contributed by atoms with Gasteiger partial charge in [0.05, 0.1) is 6.54 Å². The Bertz CT molecular complexity index is 571. The van der Waals surface area contributed by atoms with E-state index in [2.05, 4.69) is 10.6 Å². The van der Waals surface area contributed by atoms with Crippen LogP contribution >= 0.6 is 24.2 Å². The predicted octanol–water partition coefficient (Wildman–Crippen LogP) is 2.61. The van der Waals surface area contributed by atoms with Gasteiger partial charge in [0.25, 0.3) is 0 Å². The van der Waals surface area contributed by atoms with Crippen LogP contribution in [0.2, 0.25) is 0 Å². The highest BCUT2D eigenvalue weighted by molar-refractivity contribution is 7.99. The summed E-state index contributed by atoms with van der Waals surface area (Å²) in [5.74, 6) is 1.95. The van der Waals surface area contributed by atoms with Crippen LogP contribution in [0.3, 0.4) is 0 Å². The number of carbonyl (C=O) groups is 2. The maximum Gasteiger partial charge on any atom is 0.244 e. The van der Waals surface area contributed by atoms with Crippen molar-refractivity contribution in [3.05, 3.63) is 29.3 Å². The first kappa shape index (κ1) is 21.8. The Kier molecular flexibility index (Phi) is 9.32. The topological polar surface area (TPSA) is 61.4 Å². The van der Waals surface area contributed by atoms with Crippen molar-refractivity contribution in [1.29, 1.82) is 0 Å². The summed E-state index contributed by atoms with van der Waals surface area (Å²) >= 11 is 1.87. The average Bonchev–Trinajstić information content (AvgIpc) is 2.57. The molecule has 1 aliphatic rings. The molecule has 1 saturated heterocycles. The van der Waals surface area contributed by atoms with Gasteiger partial charge >= 0.3 is 0 Å². The van der Waals surface area contributed by atoms with Crippen LogP contribution in [-0.4, -0.2) is 53.9 Å². The van der Waals surface area contributed by atoms with E-state index in [0.29, 0.717) is 13.0 Å². The maximum absolute atomic E-state index is 12.5. The molecule has 0 bridgehead atoms. The fourth-order valence-electron chi connectivity index (χ4n) is 2.83. The standard InChI is InChI=1S/C18H27N3O2S.ClH/c1-4-21(17(23)10-15-12-24-9-8-19-15)11-16(22)20-18-13(2)6-5-7-14(18)3;/h5-7,15,19H,4,8-12H2,1-3H3,(H,20,22);1H. The fraction of sp³-hybridized carbons (Fsp3) is 0.556. The smallest absolute Gasteiger partial charge is 0.244 e. The number of amides is 2. The Morgan fingerprint density at radius 2 is 2.00 bits per heavy atom. The summed E-state index contributed by atoms with van der Waals surface area (Å²) < 4.78 is 0. The highest BCUT2D eigenvalue weighted by Crippen LogP contribution is 2.19. The number of carbonyl (C=O) groups excluding carboxylic acids is 2. The highest BCUT2D eigenvalue weighted by atomic mass is 35.5. The number of thioether (sulfide) groups is 1. The maximum atomic E-state index is 12.5. The second-order valence-electron chi connectivity index (χ2n) is 6.15. The summed E-state index contributed by atoms with van der Waals surface area (Å²) in [5.41, 5.74) is 2.90. The highest BCUT2D eigenvalue weighted by Gasteiger charge is 2.22. The van der Waals surface area contributed by atoms with E-state index in [9.17, 15) is 9.59 Å². The van der Waals surface area contributed by atoms with Gasteiger partial charge < -0.3 is 15.5 Å². The number of likely N-dealkylation sites (N-methyl/N-ethyl adjacent to an activating group) is 1. The molecule has 2 N–H and O–H groups in total. The van der Waals surface area contributed by atoms with E-state index < -0.39 is 0 Å². The molecule has 2 amide bonds. The number of anilines is 1. The summed E-state index contributed by atoms with van der Waals surface area (Å²) in [6.07, 6.45) is 0.456. The van der Waals surface area contributed by atoms with E-state index in [1.54, 1.807) is 4.90 Å². The summed E-state index contributed by atoms with van der Waals surface area (Å²) in [5, 5.41) is 6.32. The van der Waals surface area contributed by atoms with Crippen molar-refractivity contribution in [2.24, 2.45) is 0 Å². The number of nitrogens with zero attached hydrogens (tertiary/aromatic N) is 1. The van der Waals surface area contributed by atoms with Gasteiger partial charge in [0.15, 0.2) is 0 Å². The van der Waals surface area contributed by atoms with Crippen LogP contribution in [0.15, 0.2) is 18.2 Å². The summed E-state index contributed by atoms with van der Waals surface area (Å²) in [7, 11) is 0. The van der Waals surface area contributed by atoms with E-state index >= 15 is 0 Å². The molecule has 0 radical (unpaired) electrons. The zero-order chi connectivity index (χ0) is 17.5. The molecule has 0 spiro atoms. The molecule has 1 unspecified atom stereocenters.